The second-order valence-electron chi connectivity index (χ2n) is 4.17. The van der Waals surface area contributed by atoms with Crippen LogP contribution >= 0.6 is 15.9 Å². The van der Waals surface area contributed by atoms with Gasteiger partial charge >= 0.3 is 0 Å². The molecule has 0 aliphatic rings. The minimum atomic E-state index is -3.86. The lowest BCUT2D eigenvalue weighted by atomic mass is 10.1. The first kappa shape index (κ1) is 15.4. The van der Waals surface area contributed by atoms with Gasteiger partial charge in [0.25, 0.3) is 0 Å². The van der Waals surface area contributed by atoms with Crippen molar-refractivity contribution in [3.05, 3.63) is 22.4 Å². The molecule has 1 atom stereocenters. The molecule has 7 heteroatoms. The normalized spacial score (nSPS) is 13.6. The van der Waals surface area contributed by atoms with Gasteiger partial charge < -0.3 is 5.73 Å². The smallest absolute Gasteiger partial charge is 0.243 e. The molecule has 102 valence electrons. The van der Waals surface area contributed by atoms with Gasteiger partial charge in [-0.3, -0.25) is 0 Å². The molecule has 0 spiro atoms. The summed E-state index contributed by atoms with van der Waals surface area (Å²) in [5, 5.41) is 0. The summed E-state index contributed by atoms with van der Waals surface area (Å²) in [6.07, 6.45) is 0.841. The largest absolute Gasteiger partial charge is 0.398 e. The van der Waals surface area contributed by atoms with Crippen molar-refractivity contribution in [1.29, 1.82) is 0 Å². The van der Waals surface area contributed by atoms with Gasteiger partial charge in [-0.05, 0) is 34.0 Å². The van der Waals surface area contributed by atoms with Crippen molar-refractivity contribution >= 4 is 31.6 Å². The number of nitrogen functional groups attached to an aromatic ring is 1. The van der Waals surface area contributed by atoms with Crippen LogP contribution in [0.4, 0.5) is 10.1 Å². The molecule has 0 fully saturated rings. The van der Waals surface area contributed by atoms with Crippen LogP contribution < -0.4 is 10.5 Å². The van der Waals surface area contributed by atoms with E-state index in [1.165, 1.54) is 0 Å². The molecular weight excluding hydrogens is 323 g/mol. The van der Waals surface area contributed by atoms with Crippen LogP contribution in [-0.4, -0.2) is 15.0 Å². The van der Waals surface area contributed by atoms with Crippen molar-refractivity contribution in [3.63, 3.8) is 0 Å². The number of benzene rings is 1. The molecule has 1 aromatic rings. The van der Waals surface area contributed by atoms with Gasteiger partial charge in [0.2, 0.25) is 10.0 Å². The Morgan fingerprint density at radius 1 is 1.50 bits per heavy atom. The van der Waals surface area contributed by atoms with Gasteiger partial charge in [0, 0.05) is 16.7 Å². The Morgan fingerprint density at radius 3 is 2.67 bits per heavy atom. The lowest BCUT2D eigenvalue weighted by Crippen LogP contribution is -2.29. The van der Waals surface area contributed by atoms with Crippen molar-refractivity contribution in [2.45, 2.75) is 25.2 Å². The van der Waals surface area contributed by atoms with E-state index in [-0.39, 0.29) is 18.2 Å². The Kier molecular flexibility index (Phi) is 5.12. The highest BCUT2D eigenvalue weighted by molar-refractivity contribution is 9.10. The van der Waals surface area contributed by atoms with E-state index < -0.39 is 20.7 Å². The monoisotopic (exact) mass is 338 g/mol. The average molecular weight is 339 g/mol. The van der Waals surface area contributed by atoms with E-state index in [1.807, 2.05) is 13.8 Å². The van der Waals surface area contributed by atoms with Gasteiger partial charge in [-0.2, -0.15) is 0 Å². The molecule has 0 radical (unpaired) electrons. The molecule has 1 unspecified atom stereocenters. The van der Waals surface area contributed by atoms with Gasteiger partial charge in [-0.15, -0.1) is 0 Å². The molecule has 1 rings (SSSR count). The van der Waals surface area contributed by atoms with Crippen LogP contribution in [0.3, 0.4) is 0 Å². The first-order valence-corrected chi connectivity index (χ1v) is 7.79. The summed E-state index contributed by atoms with van der Waals surface area (Å²) in [5.74, 6) is -0.636. The predicted octanol–water partition coefficient (Wildman–Crippen LogP) is 2.49. The topological polar surface area (TPSA) is 72.2 Å². The van der Waals surface area contributed by atoms with E-state index in [2.05, 4.69) is 20.7 Å². The number of hydrogen-bond donors (Lipinski definition) is 2. The molecule has 18 heavy (non-hydrogen) atoms. The molecule has 4 nitrogen and oxygen atoms in total. The highest BCUT2D eigenvalue weighted by Gasteiger charge is 2.20. The molecule has 0 aromatic heterocycles. The molecule has 0 amide bonds. The summed E-state index contributed by atoms with van der Waals surface area (Å²) < 4.78 is 40.2. The minimum absolute atomic E-state index is 0.181. The second kappa shape index (κ2) is 5.99. The van der Waals surface area contributed by atoms with Crippen molar-refractivity contribution in [3.8, 4) is 0 Å². The molecule has 1 aromatic carbocycles. The maximum Gasteiger partial charge on any atom is 0.243 e. The van der Waals surface area contributed by atoms with E-state index in [0.29, 0.717) is 4.47 Å². The molecule has 0 heterocycles. The summed E-state index contributed by atoms with van der Waals surface area (Å²) >= 11 is 3.04. The molecule has 0 aliphatic carbocycles. The van der Waals surface area contributed by atoms with Crippen LogP contribution in [0, 0.1) is 11.7 Å². The van der Waals surface area contributed by atoms with E-state index in [1.54, 1.807) is 0 Å². The van der Waals surface area contributed by atoms with Crippen LogP contribution in [0.25, 0.3) is 0 Å². The summed E-state index contributed by atoms with van der Waals surface area (Å²) in [5.41, 5.74) is 5.74. The van der Waals surface area contributed by atoms with E-state index in [9.17, 15) is 12.8 Å². The van der Waals surface area contributed by atoms with Crippen LogP contribution in [-0.2, 0) is 10.0 Å². The highest BCUT2D eigenvalue weighted by Crippen LogP contribution is 2.25. The summed E-state index contributed by atoms with van der Waals surface area (Å²) in [4.78, 5) is -0.425. The van der Waals surface area contributed by atoms with Gasteiger partial charge in [0.1, 0.15) is 10.7 Å². The fourth-order valence-corrected chi connectivity index (χ4v) is 2.80. The zero-order valence-corrected chi connectivity index (χ0v) is 12.6. The Morgan fingerprint density at radius 2 is 2.11 bits per heavy atom. The fourth-order valence-electron chi connectivity index (χ4n) is 1.22. The third-order valence-corrected chi connectivity index (χ3v) is 4.78. The number of sulfonamides is 1. The molecular formula is C11H16BrFN2O2S. The van der Waals surface area contributed by atoms with Crippen molar-refractivity contribution in [2.24, 2.45) is 5.92 Å². The lowest BCUT2D eigenvalue weighted by Gasteiger charge is -2.12. The highest BCUT2D eigenvalue weighted by atomic mass is 79.9. The average Bonchev–Trinajstić information content (AvgIpc) is 2.30. The summed E-state index contributed by atoms with van der Waals surface area (Å²) in [6, 6.07) is 2.16. The Labute approximate surface area is 115 Å². The van der Waals surface area contributed by atoms with Crippen LogP contribution in [0.15, 0.2) is 21.5 Å². The predicted molar refractivity (Wildman–Crippen MR) is 73.2 cm³/mol. The number of halogens is 2. The third-order valence-electron chi connectivity index (χ3n) is 2.66. The van der Waals surface area contributed by atoms with Gasteiger partial charge in [0.05, 0.1) is 0 Å². The second-order valence-corrected chi connectivity index (χ2v) is 6.76. The zero-order chi connectivity index (χ0) is 13.9. The molecule has 0 bridgehead atoms. The quantitative estimate of drug-likeness (QED) is 0.810. The fraction of sp³-hybridized carbons (Fsp3) is 0.455. The first-order valence-electron chi connectivity index (χ1n) is 5.52. The maximum absolute atomic E-state index is 13.6. The summed E-state index contributed by atoms with van der Waals surface area (Å²) in [6.45, 7) is 4.14. The van der Waals surface area contributed by atoms with Crippen molar-refractivity contribution in [1.82, 2.24) is 4.72 Å². The number of hydrogen-bond acceptors (Lipinski definition) is 3. The molecule has 0 saturated carbocycles. The van der Waals surface area contributed by atoms with Gasteiger partial charge in [-0.1, -0.05) is 20.3 Å². The Bertz CT molecular complexity index is 534. The number of rotatable bonds is 5. The van der Waals surface area contributed by atoms with E-state index in [4.69, 9.17) is 5.73 Å². The van der Waals surface area contributed by atoms with E-state index >= 15 is 0 Å². The molecule has 0 saturated heterocycles. The SMILES string of the molecule is CCC(C)CNS(=O)(=O)c1cc(N)c(Br)cc1F. The van der Waals surface area contributed by atoms with Crippen molar-refractivity contribution < 1.29 is 12.8 Å². The standard InChI is InChI=1S/C11H16BrFN2O2S/c1-3-7(2)6-15-18(16,17)11-5-10(14)8(12)4-9(11)13/h4-5,7,15H,3,6,14H2,1-2H3. The number of nitrogens with two attached hydrogens (primary N) is 1. The Hall–Kier alpha value is -0.660. The number of anilines is 1. The van der Waals surface area contributed by atoms with Crippen LogP contribution in [0.1, 0.15) is 20.3 Å². The maximum atomic E-state index is 13.6. The lowest BCUT2D eigenvalue weighted by molar-refractivity contribution is 0.521. The van der Waals surface area contributed by atoms with E-state index in [0.717, 1.165) is 18.6 Å². The zero-order valence-electron chi connectivity index (χ0n) is 10.2. The number of nitrogens with one attached hydrogen (secondary N) is 1. The third kappa shape index (κ3) is 3.66. The molecule has 0 aliphatic heterocycles. The van der Waals surface area contributed by atoms with Gasteiger partial charge in [0.15, 0.2) is 0 Å². The van der Waals surface area contributed by atoms with Crippen LogP contribution in [0.2, 0.25) is 0 Å². The van der Waals surface area contributed by atoms with Crippen molar-refractivity contribution in [2.75, 3.05) is 12.3 Å². The van der Waals surface area contributed by atoms with Crippen LogP contribution in [0.5, 0.6) is 0 Å². The Balaban J connectivity index is 3.02. The van der Waals surface area contributed by atoms with Gasteiger partial charge in [-0.25, -0.2) is 17.5 Å². The molecule has 3 N–H and O–H groups in total. The summed E-state index contributed by atoms with van der Waals surface area (Å²) in [7, 11) is -3.86. The minimum Gasteiger partial charge on any atom is -0.398 e. The first-order chi connectivity index (χ1) is 8.27.